The van der Waals surface area contributed by atoms with Gasteiger partial charge in [-0.2, -0.15) is 0 Å². The number of nitro groups is 1. The molecule has 7 heteroatoms. The maximum atomic E-state index is 12.0. The van der Waals surface area contributed by atoms with Crippen molar-refractivity contribution in [1.82, 2.24) is 0 Å². The van der Waals surface area contributed by atoms with Crippen LogP contribution in [-0.2, 0) is 9.53 Å². The van der Waals surface area contributed by atoms with Gasteiger partial charge in [-0.1, -0.05) is 29.8 Å². The quantitative estimate of drug-likeness (QED) is 0.366. The van der Waals surface area contributed by atoms with Gasteiger partial charge in [0.2, 0.25) is 5.90 Å². The molecule has 0 atom stereocenters. The van der Waals surface area contributed by atoms with Crippen LogP contribution in [0.2, 0.25) is 5.02 Å². The fraction of sp³-hybridized carbons (Fsp3) is 0.0588. The number of halogens is 1. The Balaban J connectivity index is 2.01. The van der Waals surface area contributed by atoms with E-state index in [1.165, 1.54) is 12.1 Å². The van der Waals surface area contributed by atoms with Crippen molar-refractivity contribution in [1.29, 1.82) is 0 Å². The molecule has 0 bridgehead atoms. The number of hydrogen-bond donors (Lipinski definition) is 0. The third-order valence-electron chi connectivity index (χ3n) is 3.50. The summed E-state index contributed by atoms with van der Waals surface area (Å²) < 4.78 is 5.17. The smallest absolute Gasteiger partial charge is 0.363 e. The number of benzene rings is 2. The van der Waals surface area contributed by atoms with Gasteiger partial charge in [0.15, 0.2) is 5.70 Å². The van der Waals surface area contributed by atoms with Gasteiger partial charge < -0.3 is 4.74 Å². The van der Waals surface area contributed by atoms with Gasteiger partial charge in [-0.15, -0.1) is 0 Å². The molecule has 1 aliphatic rings. The Bertz CT molecular complexity index is 919. The molecule has 0 aliphatic carbocycles. The summed E-state index contributed by atoms with van der Waals surface area (Å²) in [7, 11) is 0. The average Bonchev–Trinajstić information content (AvgIpc) is 2.88. The highest BCUT2D eigenvalue weighted by Crippen LogP contribution is 2.26. The van der Waals surface area contributed by atoms with Crippen molar-refractivity contribution in [3.63, 3.8) is 0 Å². The minimum atomic E-state index is -0.615. The Hall–Kier alpha value is -2.99. The molecule has 6 nitrogen and oxygen atoms in total. The van der Waals surface area contributed by atoms with Crippen LogP contribution in [0.1, 0.15) is 16.7 Å². The number of aliphatic imine (C=N–C) groups is 1. The van der Waals surface area contributed by atoms with Crippen molar-refractivity contribution in [2.45, 2.75) is 6.92 Å². The first-order chi connectivity index (χ1) is 11.5. The van der Waals surface area contributed by atoms with Crippen LogP contribution in [0.3, 0.4) is 0 Å². The number of hydrogen-bond acceptors (Lipinski definition) is 5. The van der Waals surface area contributed by atoms with Gasteiger partial charge in [-0.25, -0.2) is 9.79 Å². The maximum Gasteiger partial charge on any atom is 0.363 e. The molecule has 0 spiro atoms. The van der Waals surface area contributed by atoms with Gasteiger partial charge in [0.1, 0.15) is 0 Å². The molecule has 0 saturated carbocycles. The molecular weight excluding hydrogens is 332 g/mol. The molecule has 0 amide bonds. The van der Waals surface area contributed by atoms with Gasteiger partial charge >= 0.3 is 5.97 Å². The summed E-state index contributed by atoms with van der Waals surface area (Å²) in [6, 6.07) is 11.5. The highest BCUT2D eigenvalue weighted by Gasteiger charge is 2.27. The van der Waals surface area contributed by atoms with Crippen LogP contribution in [0.25, 0.3) is 6.08 Å². The van der Waals surface area contributed by atoms with Crippen LogP contribution in [0, 0.1) is 17.0 Å². The van der Waals surface area contributed by atoms with Crippen LogP contribution < -0.4 is 0 Å². The van der Waals surface area contributed by atoms with Gasteiger partial charge in [0, 0.05) is 22.2 Å². The number of ether oxygens (including phenoxy) is 1. The molecule has 120 valence electrons. The van der Waals surface area contributed by atoms with Crippen LogP contribution in [0.4, 0.5) is 5.69 Å². The topological polar surface area (TPSA) is 81.8 Å². The zero-order valence-corrected chi connectivity index (χ0v) is 13.3. The largest absolute Gasteiger partial charge is 0.402 e. The molecule has 1 aliphatic heterocycles. The van der Waals surface area contributed by atoms with Crippen molar-refractivity contribution < 1.29 is 14.5 Å². The van der Waals surface area contributed by atoms with Gasteiger partial charge in [-0.3, -0.25) is 10.1 Å². The zero-order valence-electron chi connectivity index (χ0n) is 12.5. The normalized spacial score (nSPS) is 15.3. The Kier molecular flexibility index (Phi) is 4.14. The van der Waals surface area contributed by atoms with E-state index in [9.17, 15) is 14.9 Å². The molecule has 2 aromatic rings. The predicted octanol–water partition coefficient (Wildman–Crippen LogP) is 3.90. The number of nitro benzene ring substituents is 1. The fourth-order valence-electron chi connectivity index (χ4n) is 2.33. The molecule has 0 fully saturated rings. The molecule has 24 heavy (non-hydrogen) atoms. The zero-order chi connectivity index (χ0) is 17.3. The van der Waals surface area contributed by atoms with Gasteiger partial charge in [0.25, 0.3) is 5.69 Å². The first-order valence-corrected chi connectivity index (χ1v) is 7.36. The summed E-state index contributed by atoms with van der Waals surface area (Å²) in [4.78, 5) is 26.7. The van der Waals surface area contributed by atoms with E-state index in [1.807, 2.05) is 0 Å². The van der Waals surface area contributed by atoms with E-state index in [0.717, 1.165) is 0 Å². The highest BCUT2D eigenvalue weighted by atomic mass is 35.5. The van der Waals surface area contributed by atoms with E-state index in [0.29, 0.717) is 21.7 Å². The minimum absolute atomic E-state index is 0.0504. The number of esters is 1. The van der Waals surface area contributed by atoms with E-state index in [4.69, 9.17) is 16.3 Å². The molecule has 2 aromatic carbocycles. The van der Waals surface area contributed by atoms with E-state index in [-0.39, 0.29) is 17.3 Å². The lowest BCUT2D eigenvalue weighted by atomic mass is 10.1. The summed E-state index contributed by atoms with van der Waals surface area (Å²) >= 11 is 5.91. The van der Waals surface area contributed by atoms with Crippen LogP contribution in [-0.4, -0.2) is 16.8 Å². The van der Waals surface area contributed by atoms with Crippen molar-refractivity contribution in [2.24, 2.45) is 4.99 Å². The fourth-order valence-corrected chi connectivity index (χ4v) is 2.53. The number of rotatable bonds is 3. The molecule has 0 unspecified atom stereocenters. The molecule has 1 heterocycles. The molecular formula is C17H11ClN2O4. The third-order valence-corrected chi connectivity index (χ3v) is 3.74. The first kappa shape index (κ1) is 15.9. The Morgan fingerprint density at radius 2 is 2.00 bits per heavy atom. The summed E-state index contributed by atoms with van der Waals surface area (Å²) in [5, 5.41) is 11.6. The van der Waals surface area contributed by atoms with Crippen LogP contribution in [0.5, 0.6) is 0 Å². The number of nitrogens with zero attached hydrogens (tertiary/aromatic N) is 2. The Morgan fingerprint density at radius 3 is 2.71 bits per heavy atom. The van der Waals surface area contributed by atoms with Crippen LogP contribution in [0.15, 0.2) is 53.2 Å². The minimum Gasteiger partial charge on any atom is -0.402 e. The number of carbonyl (C=O) groups is 1. The lowest BCUT2D eigenvalue weighted by Gasteiger charge is -2.04. The average molecular weight is 343 g/mol. The van der Waals surface area contributed by atoms with Gasteiger partial charge in [0.05, 0.1) is 4.92 Å². The second-order valence-electron chi connectivity index (χ2n) is 5.10. The Labute approximate surface area is 142 Å². The van der Waals surface area contributed by atoms with Crippen molar-refractivity contribution in [3.05, 3.63) is 80.0 Å². The van der Waals surface area contributed by atoms with E-state index in [1.54, 1.807) is 43.3 Å². The van der Waals surface area contributed by atoms with Gasteiger partial charge in [-0.05, 0) is 36.8 Å². The number of carbonyl (C=O) groups excluding carboxylic acids is 1. The van der Waals surface area contributed by atoms with Crippen LogP contribution >= 0.6 is 11.6 Å². The second-order valence-corrected chi connectivity index (χ2v) is 5.53. The SMILES string of the molecule is Cc1c(C2=NC(=Cc3cccc(Cl)c3)C(=O)O2)cccc1[N+](=O)[O-]. The molecule has 0 N–H and O–H groups in total. The Morgan fingerprint density at radius 1 is 1.25 bits per heavy atom. The molecule has 0 saturated heterocycles. The lowest BCUT2D eigenvalue weighted by molar-refractivity contribution is -0.385. The molecule has 3 rings (SSSR count). The maximum absolute atomic E-state index is 12.0. The summed E-state index contributed by atoms with van der Waals surface area (Å²) in [6.07, 6.45) is 1.55. The predicted molar refractivity (Wildman–Crippen MR) is 89.9 cm³/mol. The molecule has 0 aromatic heterocycles. The standard InChI is InChI=1S/C17H11ClN2O4/c1-10-13(6-3-7-15(10)20(22)23)16-19-14(17(21)24-16)9-11-4-2-5-12(18)8-11/h2-9H,1H3. The lowest BCUT2D eigenvalue weighted by Crippen LogP contribution is -2.08. The third kappa shape index (κ3) is 3.04. The van der Waals surface area contributed by atoms with E-state index < -0.39 is 10.9 Å². The summed E-state index contributed by atoms with van der Waals surface area (Å²) in [5.41, 5.74) is 1.55. The summed E-state index contributed by atoms with van der Waals surface area (Å²) in [6.45, 7) is 1.59. The second kappa shape index (κ2) is 6.25. The first-order valence-electron chi connectivity index (χ1n) is 6.98. The summed E-state index contributed by atoms with van der Waals surface area (Å²) in [5.74, 6) is -0.564. The van der Waals surface area contributed by atoms with Crippen molar-refractivity contribution >= 4 is 35.2 Å². The van der Waals surface area contributed by atoms with E-state index >= 15 is 0 Å². The van der Waals surface area contributed by atoms with E-state index in [2.05, 4.69) is 4.99 Å². The van der Waals surface area contributed by atoms with Crippen molar-refractivity contribution in [3.8, 4) is 0 Å². The monoisotopic (exact) mass is 342 g/mol. The van der Waals surface area contributed by atoms with Crippen molar-refractivity contribution in [2.75, 3.05) is 0 Å². The number of cyclic esters (lactones) is 1. The molecule has 0 radical (unpaired) electrons. The highest BCUT2D eigenvalue weighted by molar-refractivity contribution is 6.30.